The minimum Gasteiger partial charge on any atom is -0.463 e. The highest BCUT2D eigenvalue weighted by Gasteiger charge is 2.07. The van der Waals surface area contributed by atoms with E-state index in [0.29, 0.717) is 31.1 Å². The van der Waals surface area contributed by atoms with E-state index in [0.717, 1.165) is 18.5 Å². The van der Waals surface area contributed by atoms with Crippen LogP contribution >= 0.6 is 0 Å². The molecule has 2 aromatic rings. The van der Waals surface area contributed by atoms with E-state index in [1.165, 1.54) is 0 Å². The Bertz CT molecular complexity index is 569. The van der Waals surface area contributed by atoms with Crippen molar-refractivity contribution in [2.75, 3.05) is 23.8 Å². The highest BCUT2D eigenvalue weighted by molar-refractivity contribution is 5.36. The molecule has 0 spiro atoms. The third-order valence-corrected chi connectivity index (χ3v) is 2.59. The lowest BCUT2D eigenvalue weighted by Crippen LogP contribution is -2.11. The topological polar surface area (TPSA) is 89.8 Å². The van der Waals surface area contributed by atoms with E-state index >= 15 is 0 Å². The van der Waals surface area contributed by atoms with Gasteiger partial charge in [-0.3, -0.25) is 4.68 Å². The number of aryl methyl sites for hydroxylation is 1. The molecule has 0 unspecified atom stereocenters. The van der Waals surface area contributed by atoms with Gasteiger partial charge in [-0.25, -0.2) is 0 Å². The normalized spacial score (nSPS) is 10.4. The van der Waals surface area contributed by atoms with Crippen molar-refractivity contribution in [3.05, 3.63) is 18.0 Å². The van der Waals surface area contributed by atoms with Crippen molar-refractivity contribution in [3.8, 4) is 6.01 Å². The third kappa shape index (κ3) is 4.59. The molecular weight excluding hydrogens is 270 g/mol. The lowest BCUT2D eigenvalue weighted by atomic mass is 10.4. The second-order valence-electron chi connectivity index (χ2n) is 4.52. The molecule has 0 aliphatic carbocycles. The van der Waals surface area contributed by atoms with Crippen molar-refractivity contribution in [2.45, 2.75) is 26.8 Å². The largest absolute Gasteiger partial charge is 0.463 e. The summed E-state index contributed by atoms with van der Waals surface area (Å²) >= 11 is 0. The predicted octanol–water partition coefficient (Wildman–Crippen LogP) is 1.44. The van der Waals surface area contributed by atoms with Gasteiger partial charge in [-0.2, -0.15) is 20.1 Å². The lowest BCUT2D eigenvalue weighted by molar-refractivity contribution is 0.292. The molecule has 0 aromatic carbocycles. The Kier molecular flexibility index (Phi) is 5.30. The van der Waals surface area contributed by atoms with Crippen molar-refractivity contribution in [1.82, 2.24) is 24.7 Å². The number of aromatic nitrogens is 5. The molecule has 8 heteroatoms. The van der Waals surface area contributed by atoms with Crippen molar-refractivity contribution in [1.29, 1.82) is 0 Å². The van der Waals surface area contributed by atoms with Crippen LogP contribution in [-0.2, 0) is 13.6 Å². The Morgan fingerprint density at radius 2 is 1.90 bits per heavy atom. The Morgan fingerprint density at radius 1 is 1.14 bits per heavy atom. The van der Waals surface area contributed by atoms with Gasteiger partial charge in [-0.05, 0) is 13.3 Å². The molecule has 2 aromatic heterocycles. The van der Waals surface area contributed by atoms with Crippen LogP contribution < -0.4 is 15.4 Å². The number of hydrogen-bond acceptors (Lipinski definition) is 7. The molecule has 0 aliphatic rings. The molecule has 0 amide bonds. The first-order chi connectivity index (χ1) is 10.2. The maximum absolute atomic E-state index is 5.48. The minimum absolute atomic E-state index is 0.330. The first-order valence-corrected chi connectivity index (χ1v) is 7.05. The van der Waals surface area contributed by atoms with Gasteiger partial charge < -0.3 is 15.4 Å². The van der Waals surface area contributed by atoms with Gasteiger partial charge in [0.05, 0.1) is 12.8 Å². The smallest absolute Gasteiger partial charge is 0.323 e. The molecule has 0 radical (unpaired) electrons. The fraction of sp³-hybridized carbons (Fsp3) is 0.538. The number of rotatable bonds is 8. The minimum atomic E-state index is 0.330. The van der Waals surface area contributed by atoms with E-state index in [9.17, 15) is 0 Å². The summed E-state index contributed by atoms with van der Waals surface area (Å²) in [6, 6.07) is 0.330. The number of nitrogens with one attached hydrogen (secondary N) is 2. The number of ether oxygens (including phenoxy) is 1. The quantitative estimate of drug-likeness (QED) is 0.760. The zero-order valence-corrected chi connectivity index (χ0v) is 12.6. The van der Waals surface area contributed by atoms with Gasteiger partial charge >= 0.3 is 6.01 Å². The van der Waals surface area contributed by atoms with Crippen LogP contribution in [0.2, 0.25) is 0 Å². The van der Waals surface area contributed by atoms with E-state index in [2.05, 4.69) is 30.7 Å². The van der Waals surface area contributed by atoms with Gasteiger partial charge in [-0.15, -0.1) is 0 Å². The molecule has 21 heavy (non-hydrogen) atoms. The Labute approximate surface area is 124 Å². The standard InChI is InChI=1S/C13H21N7O/c1-4-6-21-13-18-11(14-5-2)17-12(19-13)15-7-10-8-16-20(3)9-10/h8-9H,4-7H2,1-3H3,(H2,14,15,17,18,19). The molecule has 0 atom stereocenters. The monoisotopic (exact) mass is 291 g/mol. The average molecular weight is 291 g/mol. The molecule has 2 N–H and O–H groups in total. The van der Waals surface area contributed by atoms with Crippen LogP contribution in [0.4, 0.5) is 11.9 Å². The molecule has 0 saturated heterocycles. The number of hydrogen-bond donors (Lipinski definition) is 2. The molecule has 114 valence electrons. The third-order valence-electron chi connectivity index (χ3n) is 2.59. The molecule has 8 nitrogen and oxygen atoms in total. The highest BCUT2D eigenvalue weighted by Crippen LogP contribution is 2.12. The summed E-state index contributed by atoms with van der Waals surface area (Å²) in [5.41, 5.74) is 1.05. The van der Waals surface area contributed by atoms with Gasteiger partial charge in [0, 0.05) is 31.9 Å². The van der Waals surface area contributed by atoms with Gasteiger partial charge in [0.1, 0.15) is 0 Å². The second kappa shape index (κ2) is 7.41. The van der Waals surface area contributed by atoms with Crippen molar-refractivity contribution in [3.63, 3.8) is 0 Å². The van der Waals surface area contributed by atoms with E-state index in [1.807, 2.05) is 27.1 Å². The Balaban J connectivity index is 2.07. The van der Waals surface area contributed by atoms with Crippen LogP contribution in [-0.4, -0.2) is 37.9 Å². The van der Waals surface area contributed by atoms with Crippen LogP contribution in [0.3, 0.4) is 0 Å². The second-order valence-corrected chi connectivity index (χ2v) is 4.52. The Morgan fingerprint density at radius 3 is 2.52 bits per heavy atom. The molecule has 0 fully saturated rings. The van der Waals surface area contributed by atoms with Crippen LogP contribution in [0, 0.1) is 0 Å². The molecular formula is C13H21N7O. The van der Waals surface area contributed by atoms with Crippen molar-refractivity contribution >= 4 is 11.9 Å². The fourth-order valence-corrected chi connectivity index (χ4v) is 1.67. The maximum atomic E-state index is 5.48. The van der Waals surface area contributed by atoms with Crippen LogP contribution in [0.25, 0.3) is 0 Å². The molecule has 0 aliphatic heterocycles. The van der Waals surface area contributed by atoms with E-state index in [1.54, 1.807) is 10.9 Å². The predicted molar refractivity (Wildman–Crippen MR) is 80.3 cm³/mol. The Hall–Kier alpha value is -2.38. The summed E-state index contributed by atoms with van der Waals surface area (Å²) in [6.07, 6.45) is 4.64. The maximum Gasteiger partial charge on any atom is 0.323 e. The van der Waals surface area contributed by atoms with Gasteiger partial charge in [0.15, 0.2) is 0 Å². The SMILES string of the molecule is CCCOc1nc(NCC)nc(NCc2cnn(C)c2)n1. The van der Waals surface area contributed by atoms with Crippen LogP contribution in [0.1, 0.15) is 25.8 Å². The van der Waals surface area contributed by atoms with Gasteiger partial charge in [0.2, 0.25) is 11.9 Å². The summed E-state index contributed by atoms with van der Waals surface area (Å²) in [4.78, 5) is 12.8. The van der Waals surface area contributed by atoms with Crippen molar-refractivity contribution < 1.29 is 4.74 Å². The zero-order valence-electron chi connectivity index (χ0n) is 12.6. The van der Waals surface area contributed by atoms with Crippen LogP contribution in [0.15, 0.2) is 12.4 Å². The lowest BCUT2D eigenvalue weighted by Gasteiger charge is -2.09. The molecule has 2 heterocycles. The first-order valence-electron chi connectivity index (χ1n) is 7.05. The van der Waals surface area contributed by atoms with Crippen LogP contribution in [0.5, 0.6) is 6.01 Å². The number of anilines is 2. The molecule has 0 bridgehead atoms. The van der Waals surface area contributed by atoms with Crippen molar-refractivity contribution in [2.24, 2.45) is 7.05 Å². The fourth-order valence-electron chi connectivity index (χ4n) is 1.67. The summed E-state index contributed by atoms with van der Waals surface area (Å²) in [5, 5.41) is 10.3. The van der Waals surface area contributed by atoms with E-state index in [4.69, 9.17) is 4.74 Å². The zero-order chi connectivity index (χ0) is 15.1. The van der Waals surface area contributed by atoms with Gasteiger partial charge in [-0.1, -0.05) is 6.92 Å². The summed E-state index contributed by atoms with van der Waals surface area (Å²) in [6.45, 7) is 5.93. The molecule has 2 rings (SSSR count). The number of nitrogens with zero attached hydrogens (tertiary/aromatic N) is 5. The summed E-state index contributed by atoms with van der Waals surface area (Å²) < 4.78 is 7.23. The van der Waals surface area contributed by atoms with Gasteiger partial charge in [0.25, 0.3) is 0 Å². The summed E-state index contributed by atoms with van der Waals surface area (Å²) in [7, 11) is 1.88. The average Bonchev–Trinajstić information content (AvgIpc) is 2.89. The highest BCUT2D eigenvalue weighted by atomic mass is 16.5. The van der Waals surface area contributed by atoms with E-state index < -0.39 is 0 Å². The van der Waals surface area contributed by atoms with E-state index in [-0.39, 0.29) is 0 Å². The summed E-state index contributed by atoms with van der Waals surface area (Å²) in [5.74, 6) is 0.989. The molecule has 0 saturated carbocycles. The first kappa shape index (κ1) is 15.0.